The van der Waals surface area contributed by atoms with Crippen molar-refractivity contribution >= 4 is 17.1 Å². The first-order valence-electron chi connectivity index (χ1n) is 5.04. The van der Waals surface area contributed by atoms with Crippen molar-refractivity contribution in [2.75, 3.05) is 5.73 Å². The molecule has 2 heterocycles. The van der Waals surface area contributed by atoms with Gasteiger partial charge in [-0.25, -0.2) is 4.98 Å². The smallest absolute Gasteiger partial charge is 0.300 e. The quantitative estimate of drug-likeness (QED) is 0.640. The fourth-order valence-corrected chi connectivity index (χ4v) is 1.76. The van der Waals surface area contributed by atoms with Gasteiger partial charge < -0.3 is 10.7 Å². The molecule has 0 bridgehead atoms. The van der Waals surface area contributed by atoms with Crippen LogP contribution in [-0.2, 0) is 0 Å². The molecule has 0 spiro atoms. The van der Waals surface area contributed by atoms with Crippen LogP contribution in [-0.4, -0.2) is 19.5 Å². The molecular weight excluding hydrogens is 218 g/mol. The molecule has 2 aromatic heterocycles. The number of nitrogens with one attached hydrogen (secondary N) is 1. The molecule has 0 aliphatic heterocycles. The molecular formula is C11H9N5O. The van der Waals surface area contributed by atoms with Crippen LogP contribution in [0.1, 0.15) is 0 Å². The molecule has 84 valence electrons. The number of imidazole rings is 1. The Morgan fingerprint density at radius 1 is 1.24 bits per heavy atom. The molecule has 3 aromatic rings. The summed E-state index contributed by atoms with van der Waals surface area (Å²) in [5.74, 6) is 0.126. The number of aromatic nitrogens is 4. The molecule has 17 heavy (non-hydrogen) atoms. The van der Waals surface area contributed by atoms with Gasteiger partial charge in [0, 0.05) is 0 Å². The molecule has 0 atom stereocenters. The lowest BCUT2D eigenvalue weighted by atomic mass is 10.3. The number of anilines is 1. The largest absolute Gasteiger partial charge is 0.369 e. The molecule has 3 N–H and O–H groups in total. The molecule has 0 aliphatic carbocycles. The highest BCUT2D eigenvalue weighted by Crippen LogP contribution is 2.15. The number of nitrogen functional groups attached to an aromatic ring is 1. The highest BCUT2D eigenvalue weighted by atomic mass is 16.1. The van der Waals surface area contributed by atoms with E-state index in [1.54, 1.807) is 4.57 Å². The van der Waals surface area contributed by atoms with Gasteiger partial charge in [-0.15, -0.1) is 0 Å². The summed E-state index contributed by atoms with van der Waals surface area (Å²) >= 11 is 0. The van der Waals surface area contributed by atoms with Crippen LogP contribution in [0.3, 0.4) is 0 Å². The Bertz CT molecular complexity index is 728. The normalized spacial score (nSPS) is 10.8. The molecule has 0 saturated carbocycles. The van der Waals surface area contributed by atoms with Crippen molar-refractivity contribution in [3.05, 3.63) is 47.0 Å². The fraction of sp³-hybridized carbons (Fsp3) is 0. The first-order valence-corrected chi connectivity index (χ1v) is 5.04. The molecule has 0 radical (unpaired) electrons. The van der Waals surface area contributed by atoms with Crippen LogP contribution in [0.5, 0.6) is 0 Å². The lowest BCUT2D eigenvalue weighted by molar-refractivity contribution is 1.02. The van der Waals surface area contributed by atoms with Crippen LogP contribution in [0.4, 0.5) is 5.95 Å². The Labute approximate surface area is 95.7 Å². The predicted octanol–water partition coefficient (Wildman–Crippen LogP) is 0.691. The third-order valence-electron chi connectivity index (χ3n) is 2.50. The van der Waals surface area contributed by atoms with E-state index in [1.165, 1.54) is 6.33 Å². The van der Waals surface area contributed by atoms with Crippen LogP contribution < -0.4 is 11.3 Å². The lowest BCUT2D eigenvalue weighted by Crippen LogP contribution is -2.17. The number of nitrogens with two attached hydrogens (primary N) is 1. The second kappa shape index (κ2) is 3.44. The van der Waals surface area contributed by atoms with Gasteiger partial charge in [0.25, 0.3) is 0 Å². The average molecular weight is 227 g/mol. The van der Waals surface area contributed by atoms with Crippen LogP contribution >= 0.6 is 0 Å². The zero-order chi connectivity index (χ0) is 11.8. The van der Waals surface area contributed by atoms with Gasteiger partial charge in [0.1, 0.15) is 0 Å². The lowest BCUT2D eigenvalue weighted by Gasteiger charge is -2.09. The highest BCUT2D eigenvalue weighted by molar-refractivity contribution is 5.73. The number of hydrogen-bond donors (Lipinski definition) is 2. The second-order valence-corrected chi connectivity index (χ2v) is 3.55. The van der Waals surface area contributed by atoms with Crippen LogP contribution in [0, 0.1) is 0 Å². The van der Waals surface area contributed by atoms with E-state index >= 15 is 0 Å². The Kier molecular flexibility index (Phi) is 1.94. The molecule has 0 unspecified atom stereocenters. The third-order valence-corrected chi connectivity index (χ3v) is 2.50. The average Bonchev–Trinajstić information content (AvgIpc) is 2.79. The molecule has 6 heteroatoms. The SMILES string of the molecule is Nc1nc(=O)c2[nH]cnc2n1-c1ccccc1. The minimum atomic E-state index is -0.401. The number of aromatic amines is 1. The number of nitrogens with zero attached hydrogens (tertiary/aromatic N) is 3. The molecule has 1 aromatic carbocycles. The van der Waals surface area contributed by atoms with E-state index in [-0.39, 0.29) is 5.95 Å². The molecule has 0 fully saturated rings. The van der Waals surface area contributed by atoms with Crippen molar-refractivity contribution in [1.29, 1.82) is 0 Å². The van der Waals surface area contributed by atoms with Gasteiger partial charge >= 0.3 is 5.56 Å². The summed E-state index contributed by atoms with van der Waals surface area (Å²) < 4.78 is 1.63. The van der Waals surface area contributed by atoms with E-state index in [4.69, 9.17) is 5.73 Å². The van der Waals surface area contributed by atoms with Crippen LogP contribution in [0.25, 0.3) is 16.9 Å². The van der Waals surface area contributed by atoms with E-state index in [1.807, 2.05) is 30.3 Å². The molecule has 3 rings (SSSR count). The summed E-state index contributed by atoms with van der Waals surface area (Å²) in [7, 11) is 0. The molecule has 0 aliphatic rings. The molecule has 0 amide bonds. The zero-order valence-electron chi connectivity index (χ0n) is 8.79. The van der Waals surface area contributed by atoms with Gasteiger partial charge in [0.05, 0.1) is 12.0 Å². The minimum absolute atomic E-state index is 0.126. The van der Waals surface area contributed by atoms with Crippen LogP contribution in [0.15, 0.2) is 41.5 Å². The Hall–Kier alpha value is -2.63. The molecule has 0 saturated heterocycles. The van der Waals surface area contributed by atoms with Crippen molar-refractivity contribution in [2.45, 2.75) is 0 Å². The highest BCUT2D eigenvalue weighted by Gasteiger charge is 2.11. The van der Waals surface area contributed by atoms with E-state index in [0.29, 0.717) is 11.2 Å². The predicted molar refractivity (Wildman–Crippen MR) is 63.9 cm³/mol. The fourth-order valence-electron chi connectivity index (χ4n) is 1.76. The van der Waals surface area contributed by atoms with Crippen molar-refractivity contribution < 1.29 is 0 Å². The topological polar surface area (TPSA) is 89.6 Å². The maximum atomic E-state index is 11.6. The maximum Gasteiger partial charge on any atom is 0.300 e. The molecule has 6 nitrogen and oxygen atoms in total. The van der Waals surface area contributed by atoms with Crippen molar-refractivity contribution in [3.63, 3.8) is 0 Å². The summed E-state index contributed by atoms with van der Waals surface area (Å²) in [5.41, 5.74) is 7.02. The van der Waals surface area contributed by atoms with Gasteiger partial charge in [-0.2, -0.15) is 4.98 Å². The minimum Gasteiger partial charge on any atom is -0.369 e. The van der Waals surface area contributed by atoms with Crippen molar-refractivity contribution in [2.24, 2.45) is 0 Å². The standard InChI is InChI=1S/C11H9N5O/c12-11-15-10(17)8-9(14-6-13-8)16(11)7-4-2-1-3-5-7/h1-6H,(H,13,14)(H2,12,15,17). The first kappa shape index (κ1) is 9.59. The summed E-state index contributed by atoms with van der Waals surface area (Å²) in [4.78, 5) is 22.2. The first-order chi connectivity index (χ1) is 8.27. The summed E-state index contributed by atoms with van der Waals surface area (Å²) in [6.07, 6.45) is 1.45. The van der Waals surface area contributed by atoms with E-state index < -0.39 is 5.56 Å². The summed E-state index contributed by atoms with van der Waals surface area (Å²) in [5, 5.41) is 0. The Morgan fingerprint density at radius 2 is 2.00 bits per heavy atom. The van der Waals surface area contributed by atoms with Gasteiger partial charge in [-0.1, -0.05) is 18.2 Å². The van der Waals surface area contributed by atoms with E-state index in [2.05, 4.69) is 15.0 Å². The number of hydrogen-bond acceptors (Lipinski definition) is 4. The number of benzene rings is 1. The van der Waals surface area contributed by atoms with Gasteiger partial charge in [-0.3, -0.25) is 9.36 Å². The summed E-state index contributed by atoms with van der Waals surface area (Å²) in [6, 6.07) is 9.40. The number of fused-ring (bicyclic) bond motifs is 1. The number of H-pyrrole nitrogens is 1. The summed E-state index contributed by atoms with van der Waals surface area (Å²) in [6.45, 7) is 0. The zero-order valence-corrected chi connectivity index (χ0v) is 8.79. The van der Waals surface area contributed by atoms with E-state index in [0.717, 1.165) is 5.69 Å². The maximum absolute atomic E-state index is 11.6. The second-order valence-electron chi connectivity index (χ2n) is 3.55. The van der Waals surface area contributed by atoms with Crippen molar-refractivity contribution in [3.8, 4) is 5.69 Å². The van der Waals surface area contributed by atoms with Gasteiger partial charge in [-0.05, 0) is 12.1 Å². The monoisotopic (exact) mass is 227 g/mol. The van der Waals surface area contributed by atoms with Gasteiger partial charge in [0.15, 0.2) is 11.2 Å². The third kappa shape index (κ3) is 1.38. The number of rotatable bonds is 1. The Morgan fingerprint density at radius 3 is 2.76 bits per heavy atom. The van der Waals surface area contributed by atoms with E-state index in [9.17, 15) is 4.79 Å². The van der Waals surface area contributed by atoms with Gasteiger partial charge in [0.2, 0.25) is 5.95 Å². The van der Waals surface area contributed by atoms with Crippen molar-refractivity contribution in [1.82, 2.24) is 19.5 Å². The number of para-hydroxylation sites is 1. The van der Waals surface area contributed by atoms with Crippen LogP contribution in [0.2, 0.25) is 0 Å². The Balaban J connectivity index is 2.44.